The molecule has 82 valence electrons. The van der Waals surface area contributed by atoms with Crippen molar-refractivity contribution in [3.05, 3.63) is 29.6 Å². The Morgan fingerprint density at radius 3 is 2.88 bits per heavy atom. The number of nitrogens with zero attached hydrogens (tertiary/aromatic N) is 2. The van der Waals surface area contributed by atoms with E-state index >= 15 is 0 Å². The Hall–Kier alpha value is -1.60. The fourth-order valence-corrected chi connectivity index (χ4v) is 1.96. The van der Waals surface area contributed by atoms with E-state index in [2.05, 4.69) is 0 Å². The van der Waals surface area contributed by atoms with Gasteiger partial charge in [-0.3, -0.25) is 4.79 Å². The van der Waals surface area contributed by atoms with E-state index in [0.29, 0.717) is 5.56 Å². The van der Waals surface area contributed by atoms with E-state index in [1.807, 2.05) is 6.07 Å². The second kappa shape index (κ2) is 4.11. The lowest BCUT2D eigenvalue weighted by molar-refractivity contribution is -0.117. The molecule has 5 heteroatoms. The summed E-state index contributed by atoms with van der Waals surface area (Å²) in [5, 5.41) is 8.42. The molecule has 3 nitrogen and oxygen atoms in total. The van der Waals surface area contributed by atoms with E-state index in [1.54, 1.807) is 0 Å². The van der Waals surface area contributed by atoms with Crippen molar-refractivity contribution in [1.82, 2.24) is 0 Å². The van der Waals surface area contributed by atoms with Crippen molar-refractivity contribution < 1.29 is 9.18 Å². The van der Waals surface area contributed by atoms with Crippen molar-refractivity contribution in [2.75, 3.05) is 11.4 Å². The van der Waals surface area contributed by atoms with Gasteiger partial charge in [0, 0.05) is 13.0 Å². The monoisotopic (exact) mass is 238 g/mol. The quantitative estimate of drug-likeness (QED) is 0.703. The summed E-state index contributed by atoms with van der Waals surface area (Å²) < 4.78 is 13.5. The van der Waals surface area contributed by atoms with Gasteiger partial charge in [0.15, 0.2) is 0 Å². The largest absolute Gasteiger partial charge is 0.308 e. The van der Waals surface area contributed by atoms with Gasteiger partial charge in [-0.1, -0.05) is 0 Å². The second-order valence-electron chi connectivity index (χ2n) is 3.58. The van der Waals surface area contributed by atoms with Crippen molar-refractivity contribution in [1.29, 1.82) is 5.26 Å². The van der Waals surface area contributed by atoms with E-state index in [9.17, 15) is 9.18 Å². The Kier molecular flexibility index (Phi) is 2.80. The standard InChI is InChI=1S/C11H8ClFN2O/c12-8-4-11(16)15(6-8)10-3-7(5-14)1-2-9(10)13/h1-3,8H,4,6H2. The van der Waals surface area contributed by atoms with Gasteiger partial charge >= 0.3 is 0 Å². The van der Waals surface area contributed by atoms with Crippen molar-refractivity contribution in [2.24, 2.45) is 0 Å². The van der Waals surface area contributed by atoms with Gasteiger partial charge in [-0.25, -0.2) is 4.39 Å². The number of halogens is 2. The Morgan fingerprint density at radius 2 is 2.31 bits per heavy atom. The van der Waals surface area contributed by atoms with Crippen LogP contribution >= 0.6 is 11.6 Å². The summed E-state index contributed by atoms with van der Waals surface area (Å²) in [6.07, 6.45) is 0.206. The average molecular weight is 239 g/mol. The molecule has 1 saturated heterocycles. The van der Waals surface area contributed by atoms with Crippen LogP contribution in [-0.4, -0.2) is 17.8 Å². The van der Waals surface area contributed by atoms with Gasteiger partial charge in [-0.2, -0.15) is 5.26 Å². The van der Waals surface area contributed by atoms with Crippen molar-refractivity contribution >= 4 is 23.2 Å². The number of hydrogen-bond acceptors (Lipinski definition) is 2. The molecule has 0 N–H and O–H groups in total. The third-order valence-electron chi connectivity index (χ3n) is 2.44. The molecule has 0 aliphatic carbocycles. The highest BCUT2D eigenvalue weighted by Crippen LogP contribution is 2.27. The Balaban J connectivity index is 2.40. The van der Waals surface area contributed by atoms with Crippen LogP contribution in [0.25, 0.3) is 0 Å². The topological polar surface area (TPSA) is 44.1 Å². The molecule has 0 bridgehead atoms. The summed E-state index contributed by atoms with van der Waals surface area (Å²) in [6, 6.07) is 5.83. The van der Waals surface area contributed by atoms with Crippen LogP contribution in [0.15, 0.2) is 18.2 Å². The highest BCUT2D eigenvalue weighted by Gasteiger charge is 2.30. The summed E-state index contributed by atoms with van der Waals surface area (Å²) in [7, 11) is 0. The van der Waals surface area contributed by atoms with Gasteiger partial charge in [0.25, 0.3) is 0 Å². The lowest BCUT2D eigenvalue weighted by Gasteiger charge is -2.16. The Labute approximate surface area is 97.0 Å². The first kappa shape index (κ1) is 10.9. The zero-order valence-electron chi connectivity index (χ0n) is 8.28. The molecular weight excluding hydrogens is 231 g/mol. The third-order valence-corrected chi connectivity index (χ3v) is 2.74. The maximum atomic E-state index is 13.5. The molecule has 1 unspecified atom stereocenters. The molecule has 1 aliphatic heterocycles. The molecule has 1 aliphatic rings. The minimum absolute atomic E-state index is 0.132. The highest BCUT2D eigenvalue weighted by molar-refractivity contribution is 6.24. The van der Waals surface area contributed by atoms with Crippen molar-refractivity contribution in [3.63, 3.8) is 0 Å². The number of carbonyl (C=O) groups excluding carboxylic acids is 1. The minimum atomic E-state index is -0.516. The normalized spacial score (nSPS) is 19.9. The van der Waals surface area contributed by atoms with Gasteiger partial charge in [-0.15, -0.1) is 11.6 Å². The zero-order chi connectivity index (χ0) is 11.7. The molecule has 1 fully saturated rings. The predicted octanol–water partition coefficient (Wildman–Crippen LogP) is 2.04. The highest BCUT2D eigenvalue weighted by atomic mass is 35.5. The van der Waals surface area contributed by atoms with E-state index < -0.39 is 5.82 Å². The summed E-state index contributed by atoms with van der Waals surface area (Å²) >= 11 is 5.83. The molecule has 0 saturated carbocycles. The van der Waals surface area contributed by atoms with Gasteiger partial charge < -0.3 is 4.90 Å². The lowest BCUT2D eigenvalue weighted by atomic mass is 10.2. The van der Waals surface area contributed by atoms with E-state index in [4.69, 9.17) is 16.9 Å². The molecule has 1 aromatic rings. The summed E-state index contributed by atoms with van der Waals surface area (Å²) in [4.78, 5) is 12.8. The molecule has 1 heterocycles. The van der Waals surface area contributed by atoms with Crippen LogP contribution in [0, 0.1) is 17.1 Å². The molecular formula is C11H8ClFN2O. The van der Waals surface area contributed by atoms with Gasteiger partial charge in [0.05, 0.1) is 22.7 Å². The Morgan fingerprint density at radius 1 is 1.56 bits per heavy atom. The van der Waals surface area contributed by atoms with E-state index in [0.717, 1.165) is 0 Å². The number of nitriles is 1. The SMILES string of the molecule is N#Cc1ccc(F)c(N2CC(Cl)CC2=O)c1. The summed E-state index contributed by atoms with van der Waals surface area (Å²) in [5.74, 6) is -0.730. The van der Waals surface area contributed by atoms with Crippen molar-refractivity contribution in [3.8, 4) is 6.07 Å². The first-order valence-corrected chi connectivity index (χ1v) is 5.19. The summed E-state index contributed by atoms with van der Waals surface area (Å²) in [5.41, 5.74) is 0.453. The number of benzene rings is 1. The first-order chi connectivity index (χ1) is 7.61. The van der Waals surface area contributed by atoms with E-state index in [1.165, 1.54) is 23.1 Å². The summed E-state index contributed by atoms with van der Waals surface area (Å²) in [6.45, 7) is 0.284. The zero-order valence-corrected chi connectivity index (χ0v) is 9.04. The minimum Gasteiger partial charge on any atom is -0.308 e. The van der Waals surface area contributed by atoms with Gasteiger partial charge in [0.2, 0.25) is 5.91 Å². The molecule has 0 spiro atoms. The average Bonchev–Trinajstić information content (AvgIpc) is 2.58. The number of amides is 1. The number of rotatable bonds is 1. The van der Waals surface area contributed by atoms with Crippen LogP contribution in [0.3, 0.4) is 0 Å². The molecule has 2 rings (SSSR count). The van der Waals surface area contributed by atoms with Crippen LogP contribution in [0.1, 0.15) is 12.0 Å². The first-order valence-electron chi connectivity index (χ1n) is 4.76. The van der Waals surface area contributed by atoms with Crippen LogP contribution < -0.4 is 4.90 Å². The van der Waals surface area contributed by atoms with Crippen LogP contribution in [0.4, 0.5) is 10.1 Å². The maximum absolute atomic E-state index is 13.5. The maximum Gasteiger partial charge on any atom is 0.228 e. The van der Waals surface area contributed by atoms with Crippen LogP contribution in [0.2, 0.25) is 0 Å². The van der Waals surface area contributed by atoms with E-state index in [-0.39, 0.29) is 29.9 Å². The number of alkyl halides is 1. The Bertz CT molecular complexity index is 483. The predicted molar refractivity (Wildman–Crippen MR) is 57.7 cm³/mol. The van der Waals surface area contributed by atoms with Crippen LogP contribution in [0.5, 0.6) is 0 Å². The fraction of sp³-hybridized carbons (Fsp3) is 0.273. The van der Waals surface area contributed by atoms with Crippen molar-refractivity contribution in [2.45, 2.75) is 11.8 Å². The fourth-order valence-electron chi connectivity index (χ4n) is 1.69. The molecule has 0 aromatic heterocycles. The lowest BCUT2D eigenvalue weighted by Crippen LogP contribution is -2.25. The number of carbonyl (C=O) groups is 1. The molecule has 0 radical (unpaired) electrons. The van der Waals surface area contributed by atoms with Crippen LogP contribution in [-0.2, 0) is 4.79 Å². The number of anilines is 1. The smallest absolute Gasteiger partial charge is 0.228 e. The molecule has 1 aromatic carbocycles. The van der Waals surface area contributed by atoms with Gasteiger partial charge in [0.1, 0.15) is 5.82 Å². The molecule has 16 heavy (non-hydrogen) atoms. The van der Waals surface area contributed by atoms with Gasteiger partial charge in [-0.05, 0) is 18.2 Å². The molecule has 1 amide bonds. The second-order valence-corrected chi connectivity index (χ2v) is 4.20. The third kappa shape index (κ3) is 1.86. The molecule has 1 atom stereocenters. The number of hydrogen-bond donors (Lipinski definition) is 0.